The highest BCUT2D eigenvalue weighted by Gasteiger charge is 2.10. The van der Waals surface area contributed by atoms with Crippen LogP contribution in [-0.4, -0.2) is 27.3 Å². The molecule has 0 bridgehead atoms. The molecule has 0 saturated heterocycles. The molecule has 0 aliphatic rings. The second-order valence-electron chi connectivity index (χ2n) is 6.74. The number of benzene rings is 1. The first kappa shape index (κ1) is 17.9. The van der Waals surface area contributed by atoms with Crippen LogP contribution in [0.25, 0.3) is 11.0 Å². The van der Waals surface area contributed by atoms with Crippen LogP contribution >= 0.6 is 0 Å². The number of ether oxygens (including phenoxy) is 1. The minimum absolute atomic E-state index is 0.104. The number of hydrogen-bond donors (Lipinski definition) is 1. The summed E-state index contributed by atoms with van der Waals surface area (Å²) in [7, 11) is 0. The van der Waals surface area contributed by atoms with Crippen molar-refractivity contribution in [3.05, 3.63) is 47.8 Å². The first-order valence-electron chi connectivity index (χ1n) is 8.77. The molecule has 3 rings (SSSR count). The molecule has 0 fully saturated rings. The molecule has 0 saturated carbocycles. The second kappa shape index (κ2) is 7.56. The normalized spacial score (nSPS) is 11.1. The number of carbonyl (C=O) groups is 1. The van der Waals surface area contributed by atoms with Crippen LogP contribution in [-0.2, 0) is 4.79 Å². The lowest BCUT2D eigenvalue weighted by Gasteiger charge is -2.10. The van der Waals surface area contributed by atoms with Crippen molar-refractivity contribution in [3.63, 3.8) is 0 Å². The molecule has 136 valence electrons. The van der Waals surface area contributed by atoms with Crippen molar-refractivity contribution in [2.24, 2.45) is 0 Å². The molecular formula is C20H24N4O2. The zero-order valence-corrected chi connectivity index (χ0v) is 15.6. The maximum atomic E-state index is 12.2. The molecule has 1 aromatic carbocycles. The molecule has 0 aliphatic heterocycles. The number of carbonyl (C=O) groups excluding carboxylic acids is 1. The first-order chi connectivity index (χ1) is 12.4. The van der Waals surface area contributed by atoms with Gasteiger partial charge in [-0.2, -0.15) is 5.10 Å². The van der Waals surface area contributed by atoms with E-state index in [-0.39, 0.29) is 18.4 Å². The summed E-state index contributed by atoms with van der Waals surface area (Å²) in [6.45, 7) is 8.45. The van der Waals surface area contributed by atoms with Crippen LogP contribution < -0.4 is 10.1 Å². The molecule has 0 spiro atoms. The maximum Gasteiger partial charge on any atom is 0.227 e. The Morgan fingerprint density at radius 2 is 2.04 bits per heavy atom. The van der Waals surface area contributed by atoms with Crippen molar-refractivity contribution in [2.75, 3.05) is 11.9 Å². The van der Waals surface area contributed by atoms with E-state index in [9.17, 15) is 4.79 Å². The zero-order chi connectivity index (χ0) is 18.7. The molecule has 26 heavy (non-hydrogen) atoms. The van der Waals surface area contributed by atoms with Gasteiger partial charge in [-0.3, -0.25) is 4.79 Å². The molecule has 0 unspecified atom stereocenters. The van der Waals surface area contributed by atoms with E-state index in [2.05, 4.69) is 29.2 Å². The van der Waals surface area contributed by atoms with Crippen molar-refractivity contribution >= 4 is 22.6 Å². The number of aromatic nitrogens is 3. The van der Waals surface area contributed by atoms with Gasteiger partial charge in [0.05, 0.1) is 31.1 Å². The van der Waals surface area contributed by atoms with Crippen LogP contribution in [0.1, 0.15) is 37.4 Å². The average Bonchev–Trinajstić information content (AvgIpc) is 3.01. The van der Waals surface area contributed by atoms with Crippen molar-refractivity contribution in [1.29, 1.82) is 0 Å². The Labute approximate surface area is 153 Å². The van der Waals surface area contributed by atoms with Crippen molar-refractivity contribution < 1.29 is 9.53 Å². The fraction of sp³-hybridized carbons (Fsp3) is 0.350. The lowest BCUT2D eigenvalue weighted by molar-refractivity contribution is -0.116. The van der Waals surface area contributed by atoms with E-state index in [0.717, 1.165) is 27.9 Å². The number of hydrogen-bond acceptors (Lipinski definition) is 4. The minimum Gasteiger partial charge on any atom is -0.493 e. The number of fused-ring (bicyclic) bond motifs is 1. The third-order valence-electron chi connectivity index (χ3n) is 4.14. The number of anilines is 1. The summed E-state index contributed by atoms with van der Waals surface area (Å²) in [6, 6.07) is 8.17. The molecule has 0 aliphatic carbocycles. The van der Waals surface area contributed by atoms with Gasteiger partial charge in [0.25, 0.3) is 0 Å². The molecule has 2 heterocycles. The highest BCUT2D eigenvalue weighted by Crippen LogP contribution is 2.20. The lowest BCUT2D eigenvalue weighted by Crippen LogP contribution is -2.15. The van der Waals surface area contributed by atoms with E-state index >= 15 is 0 Å². The molecule has 0 radical (unpaired) electrons. The van der Waals surface area contributed by atoms with Gasteiger partial charge in [-0.1, -0.05) is 12.1 Å². The van der Waals surface area contributed by atoms with Gasteiger partial charge in [-0.15, -0.1) is 0 Å². The van der Waals surface area contributed by atoms with E-state index in [4.69, 9.17) is 4.74 Å². The maximum absolute atomic E-state index is 12.2. The van der Waals surface area contributed by atoms with E-state index in [1.54, 1.807) is 12.4 Å². The van der Waals surface area contributed by atoms with Crippen LogP contribution in [0.2, 0.25) is 0 Å². The highest BCUT2D eigenvalue weighted by atomic mass is 16.5. The van der Waals surface area contributed by atoms with E-state index in [1.807, 2.05) is 42.8 Å². The summed E-state index contributed by atoms with van der Waals surface area (Å²) in [5, 5.41) is 8.11. The van der Waals surface area contributed by atoms with Gasteiger partial charge in [-0.05, 0) is 51.0 Å². The minimum atomic E-state index is -0.104. The monoisotopic (exact) mass is 352 g/mol. The van der Waals surface area contributed by atoms with Crippen LogP contribution in [0, 0.1) is 13.8 Å². The quantitative estimate of drug-likeness (QED) is 0.727. The molecule has 1 amide bonds. The lowest BCUT2D eigenvalue weighted by atomic mass is 10.1. The van der Waals surface area contributed by atoms with Gasteiger partial charge in [0.1, 0.15) is 5.75 Å². The predicted molar refractivity (Wildman–Crippen MR) is 103 cm³/mol. The van der Waals surface area contributed by atoms with E-state index < -0.39 is 0 Å². The number of rotatable bonds is 6. The summed E-state index contributed by atoms with van der Waals surface area (Å²) in [4.78, 5) is 16.6. The Bertz CT molecular complexity index is 931. The molecule has 3 aromatic rings. The molecule has 6 heteroatoms. The summed E-state index contributed by atoms with van der Waals surface area (Å²) >= 11 is 0. The number of nitrogens with zero attached hydrogens (tertiary/aromatic N) is 3. The summed E-state index contributed by atoms with van der Waals surface area (Å²) in [6.07, 6.45) is 3.70. The fourth-order valence-electron chi connectivity index (χ4n) is 2.73. The summed E-state index contributed by atoms with van der Waals surface area (Å²) in [5.74, 6) is 0.717. The van der Waals surface area contributed by atoms with Crippen molar-refractivity contribution in [2.45, 2.75) is 40.2 Å². The van der Waals surface area contributed by atoms with Crippen LogP contribution in [0.5, 0.6) is 5.75 Å². The van der Waals surface area contributed by atoms with Gasteiger partial charge < -0.3 is 10.1 Å². The molecule has 6 nitrogen and oxygen atoms in total. The van der Waals surface area contributed by atoms with Crippen LogP contribution in [0.4, 0.5) is 5.69 Å². The fourth-order valence-corrected chi connectivity index (χ4v) is 2.73. The Balaban J connectivity index is 1.58. The number of aryl methyl sites for hydroxylation is 2. The molecule has 0 atom stereocenters. The number of nitrogens with one attached hydrogen (secondary N) is 1. The number of amides is 1. The van der Waals surface area contributed by atoms with Gasteiger partial charge in [0, 0.05) is 11.4 Å². The SMILES string of the molecule is Cc1ccc(C)c(OCCC(=O)Nc2cnc3c(cnn3C(C)C)c2)c1. The molecule has 2 aromatic heterocycles. The molecular weight excluding hydrogens is 328 g/mol. The Kier molecular flexibility index (Phi) is 5.21. The zero-order valence-electron chi connectivity index (χ0n) is 15.6. The third-order valence-corrected chi connectivity index (χ3v) is 4.14. The van der Waals surface area contributed by atoms with Gasteiger partial charge in [0.2, 0.25) is 5.91 Å². The average molecular weight is 352 g/mol. The van der Waals surface area contributed by atoms with Gasteiger partial charge in [0.15, 0.2) is 5.65 Å². The largest absolute Gasteiger partial charge is 0.493 e. The summed E-state index contributed by atoms with van der Waals surface area (Å²) in [5.41, 5.74) is 3.68. The highest BCUT2D eigenvalue weighted by molar-refractivity contribution is 5.92. The topological polar surface area (TPSA) is 69.0 Å². The number of pyridine rings is 1. The van der Waals surface area contributed by atoms with Gasteiger partial charge in [-0.25, -0.2) is 9.67 Å². The smallest absolute Gasteiger partial charge is 0.227 e. The van der Waals surface area contributed by atoms with Crippen LogP contribution in [0.3, 0.4) is 0 Å². The van der Waals surface area contributed by atoms with E-state index in [1.165, 1.54) is 0 Å². The van der Waals surface area contributed by atoms with Crippen LogP contribution in [0.15, 0.2) is 36.7 Å². The van der Waals surface area contributed by atoms with Crippen molar-refractivity contribution in [3.8, 4) is 5.75 Å². The Morgan fingerprint density at radius 3 is 2.81 bits per heavy atom. The van der Waals surface area contributed by atoms with Gasteiger partial charge >= 0.3 is 0 Å². The van der Waals surface area contributed by atoms with Crippen molar-refractivity contribution in [1.82, 2.24) is 14.8 Å². The molecule has 1 N–H and O–H groups in total. The second-order valence-corrected chi connectivity index (χ2v) is 6.74. The predicted octanol–water partition coefficient (Wildman–Crippen LogP) is 4.04. The van der Waals surface area contributed by atoms with E-state index in [0.29, 0.717) is 12.3 Å². The Morgan fingerprint density at radius 1 is 1.23 bits per heavy atom. The third kappa shape index (κ3) is 4.02. The summed E-state index contributed by atoms with van der Waals surface area (Å²) < 4.78 is 7.60. The standard InChI is InChI=1S/C20H24N4O2/c1-13(2)24-20-16(11-22-24)10-17(12-21-20)23-19(25)7-8-26-18-9-14(3)5-6-15(18)4/h5-6,9-13H,7-8H2,1-4H3,(H,23,25). The first-order valence-corrected chi connectivity index (χ1v) is 8.77. The Hall–Kier alpha value is -2.89.